The maximum atomic E-state index is 11.5. The topological polar surface area (TPSA) is 17.1 Å². The Hall–Kier alpha value is -0.590. The van der Waals surface area contributed by atoms with Crippen molar-refractivity contribution in [2.45, 2.75) is 61.3 Å². The van der Waals surface area contributed by atoms with Gasteiger partial charge in [0, 0.05) is 6.42 Å². The molecule has 0 heterocycles. The van der Waals surface area contributed by atoms with Crippen LogP contribution < -0.4 is 0 Å². The molecule has 1 heteroatoms. The van der Waals surface area contributed by atoms with Crippen LogP contribution in [0.15, 0.2) is 12.2 Å². The molecule has 0 spiro atoms. The predicted molar refractivity (Wildman–Crippen MR) is 78.4 cm³/mol. The molecule has 0 amide bonds. The quantitative estimate of drug-likeness (QED) is 0.683. The Morgan fingerprint density at radius 3 is 2.17 bits per heavy atom. The Balaban J connectivity index is 2.97. The highest BCUT2D eigenvalue weighted by atomic mass is 16.1. The molecule has 0 fully saturated rings. The first-order valence-corrected chi connectivity index (χ1v) is 7.22. The largest absolute Gasteiger partial charge is 0.295 e. The fourth-order valence-electron chi connectivity index (χ4n) is 3.14. The summed E-state index contributed by atoms with van der Waals surface area (Å²) in [5, 5.41) is 0. The highest BCUT2D eigenvalue weighted by Gasteiger charge is 2.37. The van der Waals surface area contributed by atoms with Gasteiger partial charge < -0.3 is 0 Å². The van der Waals surface area contributed by atoms with Crippen LogP contribution in [0.5, 0.6) is 0 Å². The molecular weight excluding hydrogens is 220 g/mol. The Bertz CT molecular complexity index is 324. The van der Waals surface area contributed by atoms with E-state index in [1.807, 2.05) is 6.08 Å². The summed E-state index contributed by atoms with van der Waals surface area (Å²) in [5.74, 6) is 1.95. The number of ketones is 1. The van der Waals surface area contributed by atoms with E-state index in [2.05, 4.69) is 54.5 Å². The first-order chi connectivity index (χ1) is 8.00. The van der Waals surface area contributed by atoms with E-state index < -0.39 is 0 Å². The van der Waals surface area contributed by atoms with E-state index in [9.17, 15) is 4.79 Å². The molecule has 1 rings (SSSR count). The average Bonchev–Trinajstić information content (AvgIpc) is 2.11. The lowest BCUT2D eigenvalue weighted by atomic mass is 9.62. The first kappa shape index (κ1) is 15.5. The summed E-state index contributed by atoms with van der Waals surface area (Å²) in [6.07, 6.45) is 5.92. The van der Waals surface area contributed by atoms with E-state index in [1.54, 1.807) is 0 Å². The normalized spacial score (nSPS) is 27.4. The zero-order valence-corrected chi connectivity index (χ0v) is 13.2. The van der Waals surface area contributed by atoms with E-state index in [0.717, 1.165) is 6.42 Å². The molecule has 0 bridgehead atoms. The number of rotatable bonds is 2. The van der Waals surface area contributed by atoms with Gasteiger partial charge in [-0.1, -0.05) is 54.5 Å². The molecular formula is C17H30O. The van der Waals surface area contributed by atoms with Crippen LogP contribution in [-0.2, 0) is 4.79 Å². The standard InChI is InChI=1S/C17H30O/c1-12-10-13(18)8-9-14(12)15(17(5,6)7)11-16(2,3)4/h8-9,12,14-15H,10-11H2,1-7H3. The third kappa shape index (κ3) is 4.26. The van der Waals surface area contributed by atoms with Crippen molar-refractivity contribution < 1.29 is 4.79 Å². The van der Waals surface area contributed by atoms with Crippen LogP contribution in [0.1, 0.15) is 61.3 Å². The molecule has 1 aliphatic carbocycles. The van der Waals surface area contributed by atoms with Gasteiger partial charge in [0.25, 0.3) is 0 Å². The molecule has 1 nitrogen and oxygen atoms in total. The van der Waals surface area contributed by atoms with Crippen LogP contribution in [-0.4, -0.2) is 5.78 Å². The summed E-state index contributed by atoms with van der Waals surface area (Å²) >= 11 is 0. The summed E-state index contributed by atoms with van der Waals surface area (Å²) in [4.78, 5) is 11.5. The molecule has 0 aromatic heterocycles. The van der Waals surface area contributed by atoms with Gasteiger partial charge in [-0.05, 0) is 41.1 Å². The maximum absolute atomic E-state index is 11.5. The number of hydrogen-bond acceptors (Lipinski definition) is 1. The van der Waals surface area contributed by atoms with Crippen LogP contribution in [0.2, 0.25) is 0 Å². The van der Waals surface area contributed by atoms with Gasteiger partial charge in [0.1, 0.15) is 0 Å². The third-order valence-corrected chi connectivity index (χ3v) is 4.09. The van der Waals surface area contributed by atoms with Crippen molar-refractivity contribution in [2.24, 2.45) is 28.6 Å². The Kier molecular flexibility index (Phi) is 4.46. The fourth-order valence-corrected chi connectivity index (χ4v) is 3.14. The number of hydrogen-bond donors (Lipinski definition) is 0. The van der Waals surface area contributed by atoms with E-state index in [-0.39, 0.29) is 5.41 Å². The number of carbonyl (C=O) groups is 1. The van der Waals surface area contributed by atoms with Gasteiger partial charge >= 0.3 is 0 Å². The SMILES string of the molecule is CC1CC(=O)C=CC1C(CC(C)(C)C)C(C)(C)C. The van der Waals surface area contributed by atoms with Crippen LogP contribution in [0.25, 0.3) is 0 Å². The second-order valence-corrected chi connectivity index (χ2v) is 8.32. The highest BCUT2D eigenvalue weighted by Crippen LogP contribution is 2.45. The minimum absolute atomic E-state index is 0.289. The predicted octanol–water partition coefficient (Wildman–Crippen LogP) is 4.87. The second-order valence-electron chi connectivity index (χ2n) is 8.32. The molecule has 1 aliphatic rings. The van der Waals surface area contributed by atoms with Gasteiger partial charge in [-0.2, -0.15) is 0 Å². The Labute approximate surface area is 113 Å². The lowest BCUT2D eigenvalue weighted by Crippen LogP contribution is -2.36. The molecule has 0 aliphatic heterocycles. The van der Waals surface area contributed by atoms with Gasteiger partial charge in [0.05, 0.1) is 0 Å². The third-order valence-electron chi connectivity index (χ3n) is 4.09. The number of allylic oxidation sites excluding steroid dienone is 2. The lowest BCUT2D eigenvalue weighted by molar-refractivity contribution is -0.116. The summed E-state index contributed by atoms with van der Waals surface area (Å²) in [6.45, 7) is 16.2. The summed E-state index contributed by atoms with van der Waals surface area (Å²) in [6, 6.07) is 0. The Morgan fingerprint density at radius 1 is 1.22 bits per heavy atom. The van der Waals surface area contributed by atoms with Crippen molar-refractivity contribution in [2.75, 3.05) is 0 Å². The zero-order chi connectivity index (χ0) is 14.1. The van der Waals surface area contributed by atoms with Crippen molar-refractivity contribution in [3.63, 3.8) is 0 Å². The van der Waals surface area contributed by atoms with Gasteiger partial charge in [-0.3, -0.25) is 4.79 Å². The summed E-state index contributed by atoms with van der Waals surface area (Å²) in [7, 11) is 0. The van der Waals surface area contributed by atoms with Gasteiger partial charge in [0.2, 0.25) is 0 Å². The van der Waals surface area contributed by atoms with E-state index in [0.29, 0.717) is 29.0 Å². The van der Waals surface area contributed by atoms with Crippen molar-refractivity contribution >= 4 is 5.78 Å². The summed E-state index contributed by atoms with van der Waals surface area (Å²) in [5.41, 5.74) is 0.629. The van der Waals surface area contributed by atoms with Crippen molar-refractivity contribution in [3.8, 4) is 0 Å². The molecule has 0 saturated carbocycles. The zero-order valence-electron chi connectivity index (χ0n) is 13.2. The molecule has 0 N–H and O–H groups in total. The highest BCUT2D eigenvalue weighted by molar-refractivity contribution is 5.90. The van der Waals surface area contributed by atoms with E-state index >= 15 is 0 Å². The van der Waals surface area contributed by atoms with Crippen molar-refractivity contribution in [1.82, 2.24) is 0 Å². The maximum Gasteiger partial charge on any atom is 0.155 e. The molecule has 0 saturated heterocycles. The molecule has 104 valence electrons. The minimum Gasteiger partial charge on any atom is -0.295 e. The van der Waals surface area contributed by atoms with Crippen LogP contribution in [0.4, 0.5) is 0 Å². The van der Waals surface area contributed by atoms with Gasteiger partial charge in [-0.25, -0.2) is 0 Å². The van der Waals surface area contributed by atoms with Crippen LogP contribution in [0, 0.1) is 28.6 Å². The molecule has 0 aromatic rings. The van der Waals surface area contributed by atoms with Crippen LogP contribution >= 0.6 is 0 Å². The first-order valence-electron chi connectivity index (χ1n) is 7.22. The van der Waals surface area contributed by atoms with E-state index in [4.69, 9.17) is 0 Å². The van der Waals surface area contributed by atoms with Gasteiger partial charge in [0.15, 0.2) is 5.78 Å². The minimum atomic E-state index is 0.289. The Morgan fingerprint density at radius 2 is 1.78 bits per heavy atom. The average molecular weight is 250 g/mol. The molecule has 0 aromatic carbocycles. The smallest absolute Gasteiger partial charge is 0.155 e. The summed E-state index contributed by atoms with van der Waals surface area (Å²) < 4.78 is 0. The van der Waals surface area contributed by atoms with Gasteiger partial charge in [-0.15, -0.1) is 0 Å². The van der Waals surface area contributed by atoms with Crippen molar-refractivity contribution in [1.29, 1.82) is 0 Å². The monoisotopic (exact) mass is 250 g/mol. The molecule has 3 unspecified atom stereocenters. The molecule has 3 atom stereocenters. The molecule has 18 heavy (non-hydrogen) atoms. The number of carbonyl (C=O) groups excluding carboxylic acids is 1. The van der Waals surface area contributed by atoms with E-state index in [1.165, 1.54) is 6.42 Å². The lowest BCUT2D eigenvalue weighted by Gasteiger charge is -2.43. The second kappa shape index (κ2) is 5.19. The van der Waals surface area contributed by atoms with Crippen LogP contribution in [0.3, 0.4) is 0 Å². The molecule has 0 radical (unpaired) electrons. The fraction of sp³-hybridized carbons (Fsp3) is 0.824. The van der Waals surface area contributed by atoms with Crippen molar-refractivity contribution in [3.05, 3.63) is 12.2 Å².